The second kappa shape index (κ2) is 8.57. The summed E-state index contributed by atoms with van der Waals surface area (Å²) in [4.78, 5) is 5.08. The number of rotatable bonds is 5. The number of ether oxygens (including phenoxy) is 1. The molecule has 1 fully saturated rings. The Bertz CT molecular complexity index is 1030. The number of nitrogens with zero attached hydrogens (tertiary/aromatic N) is 5. The fraction of sp³-hybridized carbons (Fsp3) is 0.409. The van der Waals surface area contributed by atoms with E-state index in [-0.39, 0.29) is 18.1 Å². The van der Waals surface area contributed by atoms with Crippen LogP contribution in [0.5, 0.6) is 0 Å². The van der Waals surface area contributed by atoms with Crippen LogP contribution in [0.25, 0.3) is 5.69 Å². The molecule has 3 aliphatic rings. The average molecular weight is 484 g/mol. The van der Waals surface area contributed by atoms with Crippen molar-refractivity contribution in [2.24, 2.45) is 15.8 Å². The summed E-state index contributed by atoms with van der Waals surface area (Å²) in [5.41, 5.74) is 9.46. The summed E-state index contributed by atoms with van der Waals surface area (Å²) in [5.74, 6) is 0.562. The minimum Gasteiger partial charge on any atom is -0.383 e. The van der Waals surface area contributed by atoms with Crippen LogP contribution in [0.2, 0.25) is 0 Å². The highest BCUT2D eigenvalue weighted by atomic mass is 79.9. The second-order valence-corrected chi connectivity index (χ2v) is 8.88. The Morgan fingerprint density at radius 1 is 1.23 bits per heavy atom. The van der Waals surface area contributed by atoms with E-state index in [0.29, 0.717) is 11.9 Å². The number of hydrogen-bond acceptors (Lipinski definition) is 7. The third-order valence-corrected chi connectivity index (χ3v) is 6.83. The first-order chi connectivity index (χ1) is 15.1. The molecular formula is C22H26BrN7O. The van der Waals surface area contributed by atoms with E-state index >= 15 is 0 Å². The summed E-state index contributed by atoms with van der Waals surface area (Å²) in [6, 6.07) is 10.5. The molecule has 0 saturated carbocycles. The van der Waals surface area contributed by atoms with Crippen molar-refractivity contribution >= 4 is 27.9 Å². The van der Waals surface area contributed by atoms with Gasteiger partial charge in [-0.05, 0) is 47.8 Å². The van der Waals surface area contributed by atoms with Gasteiger partial charge < -0.3 is 15.8 Å². The summed E-state index contributed by atoms with van der Waals surface area (Å²) < 4.78 is 8.16. The van der Waals surface area contributed by atoms with Gasteiger partial charge in [-0.3, -0.25) is 4.99 Å². The number of benzene rings is 1. The summed E-state index contributed by atoms with van der Waals surface area (Å²) >= 11 is 3.66. The van der Waals surface area contributed by atoms with Crippen molar-refractivity contribution in [3.63, 3.8) is 0 Å². The van der Waals surface area contributed by atoms with E-state index in [9.17, 15) is 0 Å². The zero-order valence-corrected chi connectivity index (χ0v) is 18.9. The molecule has 3 unspecified atom stereocenters. The standard InChI is InChI=1S/C22H26BrN7O/c1-14(27-16-7-9-31-10-8-16)20-19(23)21(24)30-22(28-20)18(12-26-30)15-11-25-29(13-15)17-5-3-2-4-6-17/h2-6,11-14,16,18,22,27H,7-10,24H2,1H3. The summed E-state index contributed by atoms with van der Waals surface area (Å²) in [6.45, 7) is 3.73. The molecule has 162 valence electrons. The Hall–Kier alpha value is -2.49. The lowest BCUT2D eigenvalue weighted by atomic mass is 9.99. The first kappa shape index (κ1) is 20.4. The molecule has 0 spiro atoms. The van der Waals surface area contributed by atoms with Gasteiger partial charge in [0.05, 0.1) is 28.0 Å². The molecule has 0 aliphatic carbocycles. The third-order valence-electron chi connectivity index (χ3n) is 6.02. The van der Waals surface area contributed by atoms with E-state index in [2.05, 4.69) is 38.4 Å². The van der Waals surface area contributed by atoms with E-state index in [4.69, 9.17) is 15.5 Å². The molecular weight excluding hydrogens is 458 g/mol. The van der Waals surface area contributed by atoms with Crippen molar-refractivity contribution in [1.29, 1.82) is 0 Å². The number of para-hydroxylation sites is 1. The first-order valence-electron chi connectivity index (χ1n) is 10.6. The van der Waals surface area contributed by atoms with Gasteiger partial charge in [-0.15, -0.1) is 0 Å². The maximum Gasteiger partial charge on any atom is 0.156 e. The number of halogens is 1. The van der Waals surface area contributed by atoms with Crippen LogP contribution in [-0.4, -0.2) is 58.2 Å². The predicted molar refractivity (Wildman–Crippen MR) is 124 cm³/mol. The van der Waals surface area contributed by atoms with Gasteiger partial charge in [0.1, 0.15) is 5.82 Å². The van der Waals surface area contributed by atoms with Crippen molar-refractivity contribution < 1.29 is 4.74 Å². The molecule has 4 heterocycles. The molecule has 0 amide bonds. The molecule has 0 radical (unpaired) electrons. The molecule has 3 aliphatic heterocycles. The van der Waals surface area contributed by atoms with Crippen LogP contribution < -0.4 is 11.1 Å². The van der Waals surface area contributed by atoms with E-state index in [1.165, 1.54) is 0 Å². The van der Waals surface area contributed by atoms with Crippen LogP contribution >= 0.6 is 15.9 Å². The normalized spacial score (nSPS) is 25.0. The number of hydrogen-bond donors (Lipinski definition) is 2. The second-order valence-electron chi connectivity index (χ2n) is 8.09. The van der Waals surface area contributed by atoms with Crippen molar-refractivity contribution in [1.82, 2.24) is 20.1 Å². The number of nitrogens with one attached hydrogen (secondary N) is 1. The van der Waals surface area contributed by atoms with Crippen LogP contribution in [0.3, 0.4) is 0 Å². The highest BCUT2D eigenvalue weighted by Gasteiger charge is 2.39. The van der Waals surface area contributed by atoms with Crippen LogP contribution in [0, 0.1) is 0 Å². The Morgan fingerprint density at radius 2 is 2.00 bits per heavy atom. The fourth-order valence-electron chi connectivity index (χ4n) is 4.30. The van der Waals surface area contributed by atoms with Crippen LogP contribution in [0.15, 0.2) is 63.1 Å². The number of aromatic nitrogens is 2. The lowest BCUT2D eigenvalue weighted by Gasteiger charge is -2.33. The number of hydrazone groups is 1. The van der Waals surface area contributed by atoms with Gasteiger partial charge in [-0.25, -0.2) is 9.69 Å². The van der Waals surface area contributed by atoms with Crippen molar-refractivity contribution in [3.8, 4) is 5.69 Å². The van der Waals surface area contributed by atoms with Gasteiger partial charge in [-0.1, -0.05) is 18.2 Å². The molecule has 0 bridgehead atoms. The molecule has 3 atom stereocenters. The zero-order chi connectivity index (χ0) is 21.4. The van der Waals surface area contributed by atoms with Gasteiger partial charge in [0.15, 0.2) is 6.17 Å². The van der Waals surface area contributed by atoms with E-state index < -0.39 is 0 Å². The maximum absolute atomic E-state index is 6.46. The van der Waals surface area contributed by atoms with E-state index in [0.717, 1.165) is 47.5 Å². The number of aliphatic imine (C=N–C) groups is 1. The Balaban J connectivity index is 1.39. The van der Waals surface area contributed by atoms with Crippen LogP contribution in [0.4, 0.5) is 0 Å². The van der Waals surface area contributed by atoms with Gasteiger partial charge in [0, 0.05) is 43.3 Å². The maximum atomic E-state index is 6.46. The number of fused-ring (bicyclic) bond motifs is 1. The minimum absolute atomic E-state index is 0.0260. The molecule has 5 rings (SSSR count). The zero-order valence-electron chi connectivity index (χ0n) is 17.4. The highest BCUT2D eigenvalue weighted by Crippen LogP contribution is 2.36. The molecule has 1 aromatic heterocycles. The average Bonchev–Trinajstić information content (AvgIpc) is 3.44. The molecule has 9 heteroatoms. The van der Waals surface area contributed by atoms with Gasteiger partial charge in [0.2, 0.25) is 0 Å². The first-order valence-corrected chi connectivity index (χ1v) is 11.4. The van der Waals surface area contributed by atoms with Gasteiger partial charge >= 0.3 is 0 Å². The Kier molecular flexibility index (Phi) is 5.64. The molecule has 3 N–H and O–H groups in total. The molecule has 2 aromatic rings. The molecule has 1 saturated heterocycles. The molecule has 31 heavy (non-hydrogen) atoms. The summed E-state index contributed by atoms with van der Waals surface area (Å²) in [5, 5.41) is 14.6. The highest BCUT2D eigenvalue weighted by molar-refractivity contribution is 9.12. The minimum atomic E-state index is -0.219. The monoisotopic (exact) mass is 483 g/mol. The van der Waals surface area contributed by atoms with Crippen molar-refractivity contribution in [2.45, 2.75) is 43.9 Å². The summed E-state index contributed by atoms with van der Waals surface area (Å²) in [6.07, 6.45) is 7.63. The smallest absolute Gasteiger partial charge is 0.156 e. The van der Waals surface area contributed by atoms with Crippen LogP contribution in [-0.2, 0) is 4.74 Å². The van der Waals surface area contributed by atoms with Crippen molar-refractivity contribution in [2.75, 3.05) is 13.2 Å². The van der Waals surface area contributed by atoms with E-state index in [1.807, 2.05) is 53.6 Å². The van der Waals surface area contributed by atoms with E-state index in [1.54, 1.807) is 5.01 Å². The van der Waals surface area contributed by atoms with Crippen LogP contribution in [0.1, 0.15) is 31.2 Å². The fourth-order valence-corrected chi connectivity index (χ4v) is 4.93. The lowest BCUT2D eigenvalue weighted by Crippen LogP contribution is -2.47. The Morgan fingerprint density at radius 3 is 2.77 bits per heavy atom. The number of nitrogens with two attached hydrogens (primary N) is 1. The topological polar surface area (TPSA) is 93.1 Å². The Labute approximate surface area is 190 Å². The molecule has 8 nitrogen and oxygen atoms in total. The lowest BCUT2D eigenvalue weighted by molar-refractivity contribution is 0.0772. The summed E-state index contributed by atoms with van der Waals surface area (Å²) in [7, 11) is 0. The SMILES string of the molecule is CC(NC1CCOCC1)C1=NC2C(c3cnn(-c4ccccc4)c3)C=NN2C(N)=C1Br. The quantitative estimate of drug-likeness (QED) is 0.681. The van der Waals surface area contributed by atoms with Gasteiger partial charge in [0.25, 0.3) is 0 Å². The molecule has 1 aromatic carbocycles. The predicted octanol–water partition coefficient (Wildman–Crippen LogP) is 2.72. The van der Waals surface area contributed by atoms with Crippen molar-refractivity contribution in [3.05, 3.63) is 58.6 Å². The largest absolute Gasteiger partial charge is 0.383 e. The van der Waals surface area contributed by atoms with Gasteiger partial charge in [-0.2, -0.15) is 10.2 Å². The third kappa shape index (κ3) is 3.93.